The van der Waals surface area contributed by atoms with Crippen LogP contribution in [0.15, 0.2) is 64.1 Å². The van der Waals surface area contributed by atoms with Crippen molar-refractivity contribution in [3.8, 4) is 0 Å². The molecule has 0 atom stereocenters. The van der Waals surface area contributed by atoms with Crippen LogP contribution in [0.25, 0.3) is 0 Å². The van der Waals surface area contributed by atoms with Crippen molar-refractivity contribution >= 4 is 29.3 Å². The molecule has 0 fully saturated rings. The number of benzene rings is 2. The van der Waals surface area contributed by atoms with Crippen LogP contribution in [0.4, 0.5) is 4.39 Å². The fourth-order valence-corrected chi connectivity index (χ4v) is 3.39. The number of furan rings is 1. The van der Waals surface area contributed by atoms with Crippen LogP contribution in [0.1, 0.15) is 27.2 Å². The summed E-state index contributed by atoms with van der Waals surface area (Å²) in [6.07, 6.45) is 3.55. The first-order valence-corrected chi connectivity index (χ1v) is 9.99. The summed E-state index contributed by atoms with van der Waals surface area (Å²) < 4.78 is 19.8. The largest absolute Gasteiger partial charge is 0.467 e. The Morgan fingerprint density at radius 3 is 2.52 bits per heavy atom. The zero-order chi connectivity index (χ0) is 19.4. The van der Waals surface area contributed by atoms with E-state index in [-0.39, 0.29) is 17.1 Å². The maximum absolute atomic E-state index is 14.4. The van der Waals surface area contributed by atoms with Crippen molar-refractivity contribution < 1.29 is 13.6 Å². The third-order valence-corrected chi connectivity index (χ3v) is 5.48. The van der Waals surface area contributed by atoms with Crippen molar-refractivity contribution in [3.05, 3.63) is 88.1 Å². The van der Waals surface area contributed by atoms with Crippen LogP contribution in [-0.2, 0) is 13.1 Å². The lowest BCUT2D eigenvalue weighted by Gasteiger charge is -2.23. The predicted molar refractivity (Wildman–Crippen MR) is 107 cm³/mol. The third kappa shape index (κ3) is 4.54. The van der Waals surface area contributed by atoms with Crippen molar-refractivity contribution in [2.24, 2.45) is 0 Å². The lowest BCUT2D eigenvalue weighted by Crippen LogP contribution is -2.31. The second-order valence-corrected chi connectivity index (χ2v) is 7.40. The van der Waals surface area contributed by atoms with Gasteiger partial charge in [0.15, 0.2) is 0 Å². The molecule has 3 aromatic rings. The molecule has 0 saturated heterocycles. The van der Waals surface area contributed by atoms with Gasteiger partial charge in [-0.2, -0.15) is 0 Å². The first kappa shape index (κ1) is 19.5. The van der Waals surface area contributed by atoms with Crippen LogP contribution in [0, 0.1) is 12.7 Å². The number of carbonyl (C=O) groups excluding carboxylic acids is 1. The van der Waals surface area contributed by atoms with Gasteiger partial charge in [0.1, 0.15) is 11.6 Å². The average Bonchev–Trinajstić information content (AvgIpc) is 3.18. The zero-order valence-electron chi connectivity index (χ0n) is 15.0. The van der Waals surface area contributed by atoms with E-state index in [1.165, 1.54) is 11.0 Å². The topological polar surface area (TPSA) is 33.5 Å². The predicted octanol–water partition coefficient (Wildman–Crippen LogP) is 5.95. The molecular formula is C21H19ClFNO2S. The molecule has 0 spiro atoms. The Hall–Kier alpha value is -2.24. The molecular weight excluding hydrogens is 385 g/mol. The maximum atomic E-state index is 14.4. The van der Waals surface area contributed by atoms with Crippen LogP contribution in [0.2, 0.25) is 5.02 Å². The maximum Gasteiger partial charge on any atom is 0.259 e. The van der Waals surface area contributed by atoms with E-state index in [9.17, 15) is 9.18 Å². The van der Waals surface area contributed by atoms with Crippen molar-refractivity contribution in [2.45, 2.75) is 24.9 Å². The van der Waals surface area contributed by atoms with Crippen molar-refractivity contribution in [1.29, 1.82) is 0 Å². The Morgan fingerprint density at radius 1 is 1.15 bits per heavy atom. The van der Waals surface area contributed by atoms with Gasteiger partial charge < -0.3 is 9.32 Å². The van der Waals surface area contributed by atoms with E-state index in [4.69, 9.17) is 16.0 Å². The molecule has 0 aliphatic carbocycles. The molecule has 0 bridgehead atoms. The Labute approximate surface area is 167 Å². The summed E-state index contributed by atoms with van der Waals surface area (Å²) in [7, 11) is 0. The standard InChI is InChI=1S/C21H19ClFNO2S/c1-14-5-10-18(23)19(20(14)22)21(25)24(13-16-4-3-11-26-16)12-15-6-8-17(27-2)9-7-15/h3-11H,12-13H2,1-2H3. The van der Waals surface area contributed by atoms with Gasteiger partial charge >= 0.3 is 0 Å². The molecule has 0 radical (unpaired) electrons. The highest BCUT2D eigenvalue weighted by Gasteiger charge is 2.24. The van der Waals surface area contributed by atoms with E-state index < -0.39 is 11.7 Å². The van der Waals surface area contributed by atoms with E-state index in [2.05, 4.69) is 0 Å². The Balaban J connectivity index is 1.93. The highest BCUT2D eigenvalue weighted by molar-refractivity contribution is 7.98. The highest BCUT2D eigenvalue weighted by Crippen LogP contribution is 2.26. The van der Waals surface area contributed by atoms with Gasteiger partial charge in [-0.3, -0.25) is 4.79 Å². The van der Waals surface area contributed by atoms with Gasteiger partial charge in [0, 0.05) is 11.4 Å². The van der Waals surface area contributed by atoms with Crippen LogP contribution >= 0.6 is 23.4 Å². The lowest BCUT2D eigenvalue weighted by molar-refractivity contribution is 0.0713. The minimum Gasteiger partial charge on any atom is -0.467 e. The second kappa shape index (κ2) is 8.63. The second-order valence-electron chi connectivity index (χ2n) is 6.14. The van der Waals surface area contributed by atoms with Crippen LogP contribution in [0.5, 0.6) is 0 Å². The summed E-state index contributed by atoms with van der Waals surface area (Å²) in [5.41, 5.74) is 1.49. The molecule has 0 N–H and O–H groups in total. The fourth-order valence-electron chi connectivity index (χ4n) is 2.75. The monoisotopic (exact) mass is 403 g/mol. The molecule has 27 heavy (non-hydrogen) atoms. The van der Waals surface area contributed by atoms with Crippen molar-refractivity contribution in [2.75, 3.05) is 6.26 Å². The number of carbonyl (C=O) groups is 1. The highest BCUT2D eigenvalue weighted by atomic mass is 35.5. The summed E-state index contributed by atoms with van der Waals surface area (Å²) >= 11 is 7.89. The smallest absolute Gasteiger partial charge is 0.259 e. The van der Waals surface area contributed by atoms with E-state index in [1.807, 2.05) is 30.5 Å². The number of nitrogens with zero attached hydrogens (tertiary/aromatic N) is 1. The Kier molecular flexibility index (Phi) is 6.24. The summed E-state index contributed by atoms with van der Waals surface area (Å²) in [6, 6.07) is 14.3. The third-order valence-electron chi connectivity index (χ3n) is 4.24. The van der Waals surface area contributed by atoms with Crippen LogP contribution in [-0.4, -0.2) is 17.1 Å². The summed E-state index contributed by atoms with van der Waals surface area (Å²) in [5, 5.41) is 0.141. The average molecular weight is 404 g/mol. The summed E-state index contributed by atoms with van der Waals surface area (Å²) in [6.45, 7) is 2.29. The summed E-state index contributed by atoms with van der Waals surface area (Å²) in [4.78, 5) is 15.8. The molecule has 140 valence electrons. The van der Waals surface area contributed by atoms with E-state index >= 15 is 0 Å². The molecule has 2 aromatic carbocycles. The molecule has 1 amide bonds. The van der Waals surface area contributed by atoms with Gasteiger partial charge in [-0.15, -0.1) is 11.8 Å². The molecule has 0 aliphatic heterocycles. The molecule has 3 nitrogen and oxygen atoms in total. The number of amides is 1. The lowest BCUT2D eigenvalue weighted by atomic mass is 10.1. The SMILES string of the molecule is CSc1ccc(CN(Cc2ccco2)C(=O)c2c(F)ccc(C)c2Cl)cc1. The van der Waals surface area contributed by atoms with Gasteiger partial charge in [-0.1, -0.05) is 29.8 Å². The van der Waals surface area contributed by atoms with Gasteiger partial charge in [0.2, 0.25) is 0 Å². The Bertz CT molecular complexity index is 926. The molecule has 3 rings (SSSR count). The van der Waals surface area contributed by atoms with Gasteiger partial charge in [0.05, 0.1) is 23.4 Å². The van der Waals surface area contributed by atoms with Crippen LogP contribution in [0.3, 0.4) is 0 Å². The first-order valence-electron chi connectivity index (χ1n) is 8.38. The molecule has 0 aliphatic rings. The van der Waals surface area contributed by atoms with Gasteiger partial charge in [-0.25, -0.2) is 4.39 Å². The van der Waals surface area contributed by atoms with Gasteiger partial charge in [-0.05, 0) is 54.6 Å². The summed E-state index contributed by atoms with van der Waals surface area (Å²) in [5.74, 6) is -0.474. The number of hydrogen-bond acceptors (Lipinski definition) is 3. The van der Waals surface area contributed by atoms with Crippen molar-refractivity contribution in [3.63, 3.8) is 0 Å². The first-order chi connectivity index (χ1) is 13.0. The molecule has 0 unspecified atom stereocenters. The van der Waals surface area contributed by atoms with Gasteiger partial charge in [0.25, 0.3) is 5.91 Å². The van der Waals surface area contributed by atoms with Crippen molar-refractivity contribution in [1.82, 2.24) is 4.90 Å². The quantitative estimate of drug-likeness (QED) is 0.477. The minimum atomic E-state index is -0.627. The molecule has 1 heterocycles. The number of thioether (sulfide) groups is 1. The number of halogens is 2. The molecule has 1 aromatic heterocycles. The van der Waals surface area contributed by atoms with Crippen LogP contribution < -0.4 is 0 Å². The molecule has 0 saturated carbocycles. The fraction of sp³-hybridized carbons (Fsp3) is 0.190. The van der Waals surface area contributed by atoms with E-state index in [0.717, 1.165) is 10.5 Å². The van der Waals surface area contributed by atoms with E-state index in [1.54, 1.807) is 43.1 Å². The minimum absolute atomic E-state index is 0.107. The Morgan fingerprint density at radius 2 is 1.89 bits per heavy atom. The molecule has 6 heteroatoms. The number of rotatable bonds is 6. The zero-order valence-corrected chi connectivity index (χ0v) is 16.6. The number of aryl methyl sites for hydroxylation is 1. The normalized spacial score (nSPS) is 10.8. The van der Waals surface area contributed by atoms with E-state index in [0.29, 0.717) is 17.9 Å². The number of hydrogen-bond donors (Lipinski definition) is 0.